The van der Waals surface area contributed by atoms with E-state index in [4.69, 9.17) is 0 Å². The first kappa shape index (κ1) is 15.3. The minimum Gasteiger partial charge on any atom is -0.261 e. The van der Waals surface area contributed by atoms with E-state index < -0.39 is 11.6 Å². The first-order valence-electron chi connectivity index (χ1n) is 6.07. The highest BCUT2D eigenvalue weighted by molar-refractivity contribution is 5.99. The van der Waals surface area contributed by atoms with Gasteiger partial charge < -0.3 is 0 Å². The molecule has 1 aromatic rings. The molecular formula is C16H19F2N. The van der Waals surface area contributed by atoms with E-state index in [2.05, 4.69) is 32.3 Å². The SMILES string of the molecule is C=C(/C=C\N=C(C)c1ccc(F)cc1F)C(C)(C)C. The van der Waals surface area contributed by atoms with E-state index in [1.165, 1.54) is 12.1 Å². The van der Waals surface area contributed by atoms with Crippen molar-refractivity contribution in [1.29, 1.82) is 0 Å². The van der Waals surface area contributed by atoms with Gasteiger partial charge in [0.1, 0.15) is 11.6 Å². The third-order valence-electron chi connectivity index (χ3n) is 2.83. The minimum absolute atomic E-state index is 0.0267. The van der Waals surface area contributed by atoms with Crippen LogP contribution in [0.5, 0.6) is 0 Å². The van der Waals surface area contributed by atoms with Crippen molar-refractivity contribution < 1.29 is 8.78 Å². The number of benzene rings is 1. The third-order valence-corrected chi connectivity index (χ3v) is 2.83. The van der Waals surface area contributed by atoms with E-state index in [1.54, 1.807) is 19.2 Å². The second kappa shape index (κ2) is 5.91. The van der Waals surface area contributed by atoms with Crippen LogP contribution in [-0.4, -0.2) is 5.71 Å². The van der Waals surface area contributed by atoms with Gasteiger partial charge in [-0.2, -0.15) is 0 Å². The summed E-state index contributed by atoms with van der Waals surface area (Å²) < 4.78 is 26.3. The van der Waals surface area contributed by atoms with Gasteiger partial charge in [-0.3, -0.25) is 4.99 Å². The quantitative estimate of drug-likeness (QED) is 0.544. The van der Waals surface area contributed by atoms with Crippen molar-refractivity contribution in [2.45, 2.75) is 27.7 Å². The molecule has 0 radical (unpaired) electrons. The van der Waals surface area contributed by atoms with Crippen LogP contribution in [0, 0.1) is 17.0 Å². The fraction of sp³-hybridized carbons (Fsp3) is 0.312. The monoisotopic (exact) mass is 263 g/mol. The number of halogens is 2. The van der Waals surface area contributed by atoms with Crippen molar-refractivity contribution in [2.24, 2.45) is 10.4 Å². The Morgan fingerprint density at radius 2 is 1.89 bits per heavy atom. The van der Waals surface area contributed by atoms with Crippen LogP contribution >= 0.6 is 0 Å². The van der Waals surface area contributed by atoms with Gasteiger partial charge in [0.2, 0.25) is 0 Å². The van der Waals surface area contributed by atoms with Crippen LogP contribution in [-0.2, 0) is 0 Å². The van der Waals surface area contributed by atoms with Crippen molar-refractivity contribution in [3.8, 4) is 0 Å². The lowest BCUT2D eigenvalue weighted by atomic mass is 9.88. The van der Waals surface area contributed by atoms with Gasteiger partial charge in [0.25, 0.3) is 0 Å². The summed E-state index contributed by atoms with van der Waals surface area (Å²) in [5.41, 5.74) is 1.70. The van der Waals surface area contributed by atoms with Crippen molar-refractivity contribution in [3.63, 3.8) is 0 Å². The first-order chi connectivity index (χ1) is 8.71. The summed E-state index contributed by atoms with van der Waals surface area (Å²) in [7, 11) is 0. The van der Waals surface area contributed by atoms with E-state index >= 15 is 0 Å². The van der Waals surface area contributed by atoms with Crippen LogP contribution in [0.25, 0.3) is 0 Å². The van der Waals surface area contributed by atoms with Crippen LogP contribution in [0.2, 0.25) is 0 Å². The van der Waals surface area contributed by atoms with Gasteiger partial charge >= 0.3 is 0 Å². The molecule has 0 N–H and O–H groups in total. The summed E-state index contributed by atoms with van der Waals surface area (Å²) in [6, 6.07) is 3.46. The zero-order valence-electron chi connectivity index (χ0n) is 11.8. The number of hydrogen-bond donors (Lipinski definition) is 0. The zero-order chi connectivity index (χ0) is 14.6. The zero-order valence-corrected chi connectivity index (χ0v) is 11.8. The average molecular weight is 263 g/mol. The molecule has 0 aliphatic rings. The first-order valence-corrected chi connectivity index (χ1v) is 6.07. The molecule has 1 rings (SSSR count). The summed E-state index contributed by atoms with van der Waals surface area (Å²) in [5.74, 6) is -1.20. The molecular weight excluding hydrogens is 244 g/mol. The molecule has 0 spiro atoms. The van der Waals surface area contributed by atoms with E-state index in [0.29, 0.717) is 11.3 Å². The lowest BCUT2D eigenvalue weighted by Crippen LogP contribution is -2.05. The summed E-state index contributed by atoms with van der Waals surface area (Å²) in [6.45, 7) is 11.8. The second-order valence-electron chi connectivity index (χ2n) is 5.43. The smallest absolute Gasteiger partial charge is 0.135 e. The Bertz CT molecular complexity index is 534. The van der Waals surface area contributed by atoms with Crippen LogP contribution in [0.15, 0.2) is 47.6 Å². The van der Waals surface area contributed by atoms with Crippen LogP contribution < -0.4 is 0 Å². The van der Waals surface area contributed by atoms with Crippen molar-refractivity contribution in [3.05, 3.63) is 59.8 Å². The Morgan fingerprint density at radius 1 is 1.26 bits per heavy atom. The lowest BCUT2D eigenvalue weighted by molar-refractivity contribution is 0.519. The van der Waals surface area contributed by atoms with Gasteiger partial charge in [0, 0.05) is 23.5 Å². The fourth-order valence-electron chi connectivity index (χ4n) is 1.34. The highest BCUT2D eigenvalue weighted by Crippen LogP contribution is 2.24. The Kier molecular flexibility index (Phi) is 4.76. The van der Waals surface area contributed by atoms with Crippen molar-refractivity contribution in [1.82, 2.24) is 0 Å². The molecule has 0 saturated carbocycles. The lowest BCUT2D eigenvalue weighted by Gasteiger charge is -2.18. The Hall–Kier alpha value is -1.77. The average Bonchev–Trinajstić information content (AvgIpc) is 2.27. The molecule has 0 heterocycles. The summed E-state index contributed by atoms with van der Waals surface area (Å²) in [5, 5.41) is 0. The highest BCUT2D eigenvalue weighted by Gasteiger charge is 2.11. The molecule has 0 amide bonds. The molecule has 1 nitrogen and oxygen atoms in total. The molecule has 0 aliphatic carbocycles. The highest BCUT2D eigenvalue weighted by atomic mass is 19.1. The van der Waals surface area contributed by atoms with Crippen molar-refractivity contribution in [2.75, 3.05) is 0 Å². The third kappa shape index (κ3) is 4.43. The molecule has 1 aromatic carbocycles. The molecule has 0 fully saturated rings. The summed E-state index contributed by atoms with van der Waals surface area (Å²) in [4.78, 5) is 4.15. The van der Waals surface area contributed by atoms with Gasteiger partial charge in [-0.25, -0.2) is 8.78 Å². The van der Waals surface area contributed by atoms with Crippen LogP contribution in [0.1, 0.15) is 33.3 Å². The minimum atomic E-state index is -0.607. The number of allylic oxidation sites excluding steroid dienone is 2. The summed E-state index contributed by atoms with van der Waals surface area (Å²) >= 11 is 0. The second-order valence-corrected chi connectivity index (χ2v) is 5.43. The maximum Gasteiger partial charge on any atom is 0.135 e. The maximum absolute atomic E-state index is 13.5. The van der Waals surface area contributed by atoms with Gasteiger partial charge in [0.15, 0.2) is 0 Å². The van der Waals surface area contributed by atoms with Gasteiger partial charge in [0.05, 0.1) is 0 Å². The maximum atomic E-state index is 13.5. The van der Waals surface area contributed by atoms with Crippen LogP contribution in [0.3, 0.4) is 0 Å². The van der Waals surface area contributed by atoms with Gasteiger partial charge in [-0.1, -0.05) is 27.4 Å². The number of aliphatic imine (C=N–C) groups is 1. The molecule has 0 aromatic heterocycles. The molecule has 0 aliphatic heterocycles. The molecule has 0 unspecified atom stereocenters. The summed E-state index contributed by atoms with van der Waals surface area (Å²) in [6.07, 6.45) is 3.39. The van der Waals surface area contributed by atoms with E-state index in [9.17, 15) is 8.78 Å². The molecule has 102 valence electrons. The molecule has 0 saturated heterocycles. The van der Waals surface area contributed by atoms with Crippen LogP contribution in [0.4, 0.5) is 8.78 Å². The topological polar surface area (TPSA) is 12.4 Å². The molecule has 0 atom stereocenters. The predicted octanol–water partition coefficient (Wildman–Crippen LogP) is 4.89. The predicted molar refractivity (Wildman–Crippen MR) is 76.3 cm³/mol. The van der Waals surface area contributed by atoms with Crippen molar-refractivity contribution >= 4 is 5.71 Å². The number of hydrogen-bond acceptors (Lipinski definition) is 1. The standard InChI is InChI=1S/C16H19F2N/c1-11(16(3,4)5)8-9-19-12(2)14-7-6-13(17)10-15(14)18/h6-10H,1H2,2-5H3/b9-8-,19-12?. The normalized spacial score (nSPS) is 13.1. The van der Waals surface area contributed by atoms with Gasteiger partial charge in [-0.15, -0.1) is 0 Å². The fourth-order valence-corrected chi connectivity index (χ4v) is 1.34. The Morgan fingerprint density at radius 3 is 2.42 bits per heavy atom. The molecule has 0 bridgehead atoms. The number of nitrogens with zero attached hydrogens (tertiary/aromatic N) is 1. The van der Waals surface area contributed by atoms with E-state index in [1.807, 2.05) is 0 Å². The molecule has 3 heteroatoms. The Balaban J connectivity index is 2.89. The largest absolute Gasteiger partial charge is 0.261 e. The van der Waals surface area contributed by atoms with E-state index in [0.717, 1.165) is 11.6 Å². The van der Waals surface area contributed by atoms with Gasteiger partial charge in [-0.05, 0) is 36.1 Å². The Labute approximate surface area is 113 Å². The number of rotatable bonds is 3. The molecule has 19 heavy (non-hydrogen) atoms. The van der Waals surface area contributed by atoms with E-state index in [-0.39, 0.29) is 5.41 Å².